The van der Waals surface area contributed by atoms with Crippen molar-refractivity contribution in [2.45, 2.75) is 32.6 Å². The lowest BCUT2D eigenvalue weighted by Crippen LogP contribution is -2.30. The van der Waals surface area contributed by atoms with Gasteiger partial charge in [-0.15, -0.1) is 5.11 Å². The number of nitrogens with zero attached hydrogens (tertiary/aromatic N) is 3. The Hall–Kier alpha value is -1.95. The van der Waals surface area contributed by atoms with Crippen molar-refractivity contribution in [1.82, 2.24) is 5.01 Å². The first-order valence-corrected chi connectivity index (χ1v) is 8.64. The van der Waals surface area contributed by atoms with Crippen LogP contribution in [0, 0.1) is 0 Å². The Bertz CT molecular complexity index is 694. The highest BCUT2D eigenvalue weighted by Gasteiger charge is 2.19. The molecule has 25 heavy (non-hydrogen) atoms. The van der Waals surface area contributed by atoms with Crippen molar-refractivity contribution in [2.75, 3.05) is 13.7 Å². The van der Waals surface area contributed by atoms with E-state index in [4.69, 9.17) is 16.3 Å². The van der Waals surface area contributed by atoms with Gasteiger partial charge in [0.1, 0.15) is 6.10 Å². The minimum atomic E-state index is -0.649. The molecule has 0 aromatic heterocycles. The average molecular weight is 362 g/mol. The normalized spacial score (nSPS) is 13.8. The molecule has 0 unspecified atom stereocenters. The Morgan fingerprint density at radius 3 is 2.60 bits per heavy atom. The Morgan fingerprint density at radius 1 is 1.20 bits per heavy atom. The molecule has 134 valence electrons. The summed E-state index contributed by atoms with van der Waals surface area (Å²) in [5.74, 6) is 0. The van der Waals surface area contributed by atoms with Crippen molar-refractivity contribution in [1.29, 1.82) is 0 Å². The lowest BCUT2D eigenvalue weighted by atomic mass is 10.0. The summed E-state index contributed by atoms with van der Waals surface area (Å²) in [5.41, 5.74) is 2.41. The van der Waals surface area contributed by atoms with Crippen LogP contribution >= 0.6 is 11.6 Å². The van der Waals surface area contributed by atoms with Crippen LogP contribution in [-0.4, -0.2) is 29.8 Å². The van der Waals surface area contributed by atoms with E-state index in [-0.39, 0.29) is 6.04 Å². The topological polar surface area (TPSA) is 57.4 Å². The third-order valence-electron chi connectivity index (χ3n) is 3.98. The molecule has 6 heteroatoms. The maximum Gasteiger partial charge on any atom is 0.101 e. The number of halogens is 1. The summed E-state index contributed by atoms with van der Waals surface area (Å²) < 4.78 is 5.40. The predicted molar refractivity (Wildman–Crippen MR) is 99.9 cm³/mol. The number of aliphatic hydroxyl groups is 1. The lowest BCUT2D eigenvalue weighted by Gasteiger charge is -2.25. The van der Waals surface area contributed by atoms with Crippen molar-refractivity contribution in [3.8, 4) is 0 Å². The van der Waals surface area contributed by atoms with E-state index in [1.54, 1.807) is 24.2 Å². The number of benzene rings is 2. The molecule has 0 aliphatic rings. The van der Waals surface area contributed by atoms with E-state index < -0.39 is 6.10 Å². The zero-order valence-electron chi connectivity index (χ0n) is 14.8. The zero-order valence-corrected chi connectivity index (χ0v) is 15.5. The number of hydrogen-bond donors (Lipinski definition) is 1. The first-order valence-electron chi connectivity index (χ1n) is 8.26. The largest absolute Gasteiger partial charge is 0.386 e. The Labute approximate surface area is 153 Å². The van der Waals surface area contributed by atoms with Crippen LogP contribution in [-0.2, 0) is 11.3 Å². The van der Waals surface area contributed by atoms with Gasteiger partial charge >= 0.3 is 0 Å². The van der Waals surface area contributed by atoms with Gasteiger partial charge in [0.15, 0.2) is 0 Å². The number of aliphatic hydroxyl groups excluding tert-OH is 1. The summed E-state index contributed by atoms with van der Waals surface area (Å²) in [4.78, 5) is 0. The molecule has 1 N–H and O–H groups in total. The third kappa shape index (κ3) is 5.53. The van der Waals surface area contributed by atoms with Crippen LogP contribution in [0.1, 0.15) is 31.1 Å². The molecule has 0 radical (unpaired) electrons. The Morgan fingerprint density at radius 2 is 1.92 bits per heavy atom. The Balaban J connectivity index is 2.05. The molecule has 0 saturated carbocycles. The molecule has 0 heterocycles. The monoisotopic (exact) mass is 361 g/mol. The summed E-state index contributed by atoms with van der Waals surface area (Å²) in [6.07, 6.45) is -0.649. The quantitative estimate of drug-likeness (QED) is 0.535. The highest BCUT2D eigenvalue weighted by Crippen LogP contribution is 2.25. The molecule has 0 spiro atoms. The van der Waals surface area contributed by atoms with E-state index in [1.807, 2.05) is 50.2 Å². The fourth-order valence-corrected chi connectivity index (χ4v) is 2.45. The van der Waals surface area contributed by atoms with E-state index in [2.05, 4.69) is 10.3 Å². The summed E-state index contributed by atoms with van der Waals surface area (Å²) in [5, 5.41) is 21.2. The first kappa shape index (κ1) is 19.4. The SMILES string of the molecule is CCOCc1cc(N=NN(C)[C@H](C)[C@@H](O)c2ccccc2)ccc1Cl. The van der Waals surface area contributed by atoms with Crippen LogP contribution in [0.3, 0.4) is 0 Å². The van der Waals surface area contributed by atoms with E-state index in [9.17, 15) is 5.11 Å². The zero-order chi connectivity index (χ0) is 18.2. The van der Waals surface area contributed by atoms with Crippen LogP contribution in [0.2, 0.25) is 5.02 Å². The van der Waals surface area contributed by atoms with Gasteiger partial charge in [-0.25, -0.2) is 0 Å². The van der Waals surface area contributed by atoms with Gasteiger partial charge in [0, 0.05) is 18.7 Å². The molecule has 0 amide bonds. The standard InChI is InChI=1S/C19H24ClN3O2/c1-4-25-13-16-12-17(10-11-18(16)20)21-22-23(3)14(2)19(24)15-8-6-5-7-9-15/h5-12,14,19,24H,4,13H2,1-3H3/t14-,19-/m1/s1. The van der Waals surface area contributed by atoms with Crippen molar-refractivity contribution < 1.29 is 9.84 Å². The van der Waals surface area contributed by atoms with Crippen molar-refractivity contribution in [3.05, 3.63) is 64.7 Å². The van der Waals surface area contributed by atoms with Gasteiger partial charge in [0.2, 0.25) is 0 Å². The molecule has 5 nitrogen and oxygen atoms in total. The second-order valence-electron chi connectivity index (χ2n) is 5.77. The molecule has 2 atom stereocenters. The van der Waals surface area contributed by atoms with Gasteiger partial charge in [-0.05, 0) is 43.2 Å². The molecule has 0 fully saturated rings. The molecule has 0 aliphatic carbocycles. The first-order chi connectivity index (χ1) is 12.0. The average Bonchev–Trinajstić information content (AvgIpc) is 2.65. The number of rotatable bonds is 8. The van der Waals surface area contributed by atoms with Gasteiger partial charge in [0.05, 0.1) is 18.3 Å². The highest BCUT2D eigenvalue weighted by atomic mass is 35.5. The minimum absolute atomic E-state index is 0.221. The maximum absolute atomic E-state index is 10.5. The second-order valence-corrected chi connectivity index (χ2v) is 6.18. The number of ether oxygens (including phenoxy) is 1. The van der Waals surface area contributed by atoms with E-state index in [1.165, 1.54) is 0 Å². The molecule has 2 aromatic carbocycles. The summed E-state index contributed by atoms with van der Waals surface area (Å²) in [6.45, 7) is 4.91. The highest BCUT2D eigenvalue weighted by molar-refractivity contribution is 6.31. The molecule has 0 bridgehead atoms. The molecule has 0 aliphatic heterocycles. The number of hydrogen-bond acceptors (Lipinski definition) is 4. The van der Waals surface area contributed by atoms with Crippen LogP contribution in [0.25, 0.3) is 0 Å². The van der Waals surface area contributed by atoms with E-state index in [0.29, 0.717) is 23.9 Å². The Kier molecular flexibility index (Phi) is 7.37. The van der Waals surface area contributed by atoms with Gasteiger partial charge in [-0.3, -0.25) is 5.01 Å². The molecular weight excluding hydrogens is 338 g/mol. The lowest BCUT2D eigenvalue weighted by molar-refractivity contribution is 0.0701. The second kappa shape index (κ2) is 9.51. The van der Waals surface area contributed by atoms with Crippen LogP contribution in [0.15, 0.2) is 58.9 Å². The van der Waals surface area contributed by atoms with Crippen LogP contribution < -0.4 is 0 Å². The number of likely N-dealkylation sites (N-methyl/N-ethyl adjacent to an activating group) is 1. The van der Waals surface area contributed by atoms with Crippen LogP contribution in [0.4, 0.5) is 5.69 Å². The predicted octanol–water partition coefficient (Wildman–Crippen LogP) is 4.93. The summed E-state index contributed by atoms with van der Waals surface area (Å²) >= 11 is 6.16. The summed E-state index contributed by atoms with van der Waals surface area (Å²) in [6, 6.07) is 14.7. The van der Waals surface area contributed by atoms with Crippen molar-refractivity contribution >= 4 is 17.3 Å². The van der Waals surface area contributed by atoms with Crippen molar-refractivity contribution in [3.63, 3.8) is 0 Å². The maximum atomic E-state index is 10.5. The minimum Gasteiger partial charge on any atom is -0.386 e. The summed E-state index contributed by atoms with van der Waals surface area (Å²) in [7, 11) is 1.79. The fraction of sp³-hybridized carbons (Fsp3) is 0.368. The van der Waals surface area contributed by atoms with Gasteiger partial charge in [0.25, 0.3) is 0 Å². The van der Waals surface area contributed by atoms with E-state index in [0.717, 1.165) is 11.1 Å². The third-order valence-corrected chi connectivity index (χ3v) is 4.35. The fourth-order valence-electron chi connectivity index (χ4n) is 2.28. The van der Waals surface area contributed by atoms with Gasteiger partial charge < -0.3 is 9.84 Å². The molecule has 0 saturated heterocycles. The van der Waals surface area contributed by atoms with Crippen molar-refractivity contribution in [2.24, 2.45) is 10.3 Å². The smallest absolute Gasteiger partial charge is 0.101 e. The van der Waals surface area contributed by atoms with Gasteiger partial charge in [-0.2, -0.15) is 0 Å². The molecule has 2 aromatic rings. The van der Waals surface area contributed by atoms with Gasteiger partial charge in [-0.1, -0.05) is 47.2 Å². The molecule has 2 rings (SSSR count). The molecular formula is C19H24ClN3O2. The van der Waals surface area contributed by atoms with E-state index >= 15 is 0 Å². The van der Waals surface area contributed by atoms with Crippen LogP contribution in [0.5, 0.6) is 0 Å².